The molecule has 4 aromatic rings. The van der Waals surface area contributed by atoms with Gasteiger partial charge in [0.05, 0.1) is 6.54 Å². The van der Waals surface area contributed by atoms with Gasteiger partial charge in [0.15, 0.2) is 11.2 Å². The summed E-state index contributed by atoms with van der Waals surface area (Å²) in [5.74, 6) is -0.480. The Morgan fingerprint density at radius 2 is 1.86 bits per heavy atom. The van der Waals surface area contributed by atoms with Crippen LogP contribution in [0.15, 0.2) is 58.4 Å². The molecule has 0 bridgehead atoms. The quantitative estimate of drug-likeness (QED) is 0.513. The van der Waals surface area contributed by atoms with Gasteiger partial charge < -0.3 is 4.74 Å². The standard InChI is InChI=1S/C20H18FN5O3/c1-24-16-17(23-19(24)29-12-13-6-5-9-22-10-13)25(2)20(28)26(18(16)27)11-14-7-3-4-8-15(14)21/h3-10H,11-12H2,1-2H3. The van der Waals surface area contributed by atoms with E-state index in [2.05, 4.69) is 9.97 Å². The molecule has 148 valence electrons. The normalized spacial score (nSPS) is 11.1. The maximum Gasteiger partial charge on any atom is 0.332 e. The van der Waals surface area contributed by atoms with Crippen LogP contribution in [0.3, 0.4) is 0 Å². The second-order valence-corrected chi connectivity index (χ2v) is 6.60. The Morgan fingerprint density at radius 1 is 1.07 bits per heavy atom. The first-order valence-electron chi connectivity index (χ1n) is 8.88. The number of benzene rings is 1. The van der Waals surface area contributed by atoms with Gasteiger partial charge in [-0.05, 0) is 12.1 Å². The van der Waals surface area contributed by atoms with Crippen molar-refractivity contribution < 1.29 is 9.13 Å². The molecule has 0 fully saturated rings. The number of aryl methyl sites for hydroxylation is 2. The van der Waals surface area contributed by atoms with Gasteiger partial charge in [-0.25, -0.2) is 9.18 Å². The van der Waals surface area contributed by atoms with Gasteiger partial charge in [-0.3, -0.25) is 23.5 Å². The predicted octanol–water partition coefficient (Wildman–Crippen LogP) is 1.60. The Bertz CT molecular complexity index is 1310. The molecule has 9 heteroatoms. The van der Waals surface area contributed by atoms with Crippen LogP contribution in [-0.4, -0.2) is 23.7 Å². The van der Waals surface area contributed by atoms with E-state index in [4.69, 9.17) is 4.74 Å². The first-order chi connectivity index (χ1) is 14.0. The number of imidazole rings is 1. The summed E-state index contributed by atoms with van der Waals surface area (Å²) in [5.41, 5.74) is 0.352. The largest absolute Gasteiger partial charge is 0.460 e. The summed E-state index contributed by atoms with van der Waals surface area (Å²) in [6.07, 6.45) is 3.33. The molecule has 8 nitrogen and oxygen atoms in total. The average Bonchev–Trinajstić information content (AvgIpc) is 3.06. The van der Waals surface area contributed by atoms with Gasteiger partial charge in [-0.15, -0.1) is 0 Å². The second-order valence-electron chi connectivity index (χ2n) is 6.60. The minimum Gasteiger partial charge on any atom is -0.460 e. The fourth-order valence-corrected chi connectivity index (χ4v) is 3.12. The van der Waals surface area contributed by atoms with Gasteiger partial charge in [0.2, 0.25) is 0 Å². The van der Waals surface area contributed by atoms with Gasteiger partial charge in [0, 0.05) is 37.6 Å². The van der Waals surface area contributed by atoms with Crippen molar-refractivity contribution in [3.63, 3.8) is 0 Å². The Morgan fingerprint density at radius 3 is 2.59 bits per heavy atom. The number of nitrogens with zero attached hydrogens (tertiary/aromatic N) is 5. The number of hydrogen-bond donors (Lipinski definition) is 0. The SMILES string of the molecule is Cn1c(OCc2cccnc2)nc2c1c(=O)n(Cc1ccccc1F)c(=O)n2C. The summed E-state index contributed by atoms with van der Waals surface area (Å²) < 4.78 is 23.5. The zero-order valence-corrected chi connectivity index (χ0v) is 15.9. The molecule has 0 unspecified atom stereocenters. The molecular formula is C20H18FN5O3. The van der Waals surface area contributed by atoms with Crippen LogP contribution in [0, 0.1) is 5.82 Å². The van der Waals surface area contributed by atoms with Gasteiger partial charge in [0.1, 0.15) is 12.4 Å². The average molecular weight is 395 g/mol. The van der Waals surface area contributed by atoms with Gasteiger partial charge in [-0.2, -0.15) is 4.98 Å². The molecule has 0 amide bonds. The van der Waals surface area contributed by atoms with Gasteiger partial charge >= 0.3 is 5.69 Å². The number of ether oxygens (including phenoxy) is 1. The van der Waals surface area contributed by atoms with E-state index in [1.165, 1.54) is 28.3 Å². The molecule has 0 spiro atoms. The summed E-state index contributed by atoms with van der Waals surface area (Å²) >= 11 is 0. The molecule has 4 rings (SSSR count). The summed E-state index contributed by atoms with van der Waals surface area (Å²) in [6.45, 7) is 0.0353. The Labute approximate surface area is 164 Å². The maximum absolute atomic E-state index is 14.0. The van der Waals surface area contributed by atoms with Gasteiger partial charge in [-0.1, -0.05) is 24.3 Å². The number of rotatable bonds is 5. The summed E-state index contributed by atoms with van der Waals surface area (Å²) in [7, 11) is 3.15. The van der Waals surface area contributed by atoms with Crippen LogP contribution in [0.4, 0.5) is 4.39 Å². The second kappa shape index (κ2) is 7.34. The number of aromatic nitrogens is 5. The molecule has 0 saturated heterocycles. The smallest absolute Gasteiger partial charge is 0.332 e. The number of hydrogen-bond acceptors (Lipinski definition) is 5. The minimum absolute atomic E-state index is 0.175. The highest BCUT2D eigenvalue weighted by molar-refractivity contribution is 5.71. The molecule has 0 aliphatic heterocycles. The van der Waals surface area contributed by atoms with E-state index in [1.54, 1.807) is 37.6 Å². The van der Waals surface area contributed by atoms with Crippen molar-refractivity contribution in [1.82, 2.24) is 23.7 Å². The zero-order valence-electron chi connectivity index (χ0n) is 15.9. The molecule has 0 aliphatic rings. The van der Waals surface area contributed by atoms with Crippen LogP contribution >= 0.6 is 0 Å². The van der Waals surface area contributed by atoms with Crippen molar-refractivity contribution in [3.8, 4) is 6.01 Å². The molecule has 29 heavy (non-hydrogen) atoms. The van der Waals surface area contributed by atoms with E-state index in [-0.39, 0.29) is 35.9 Å². The number of halogens is 1. The van der Waals surface area contributed by atoms with E-state index in [1.807, 2.05) is 6.07 Å². The van der Waals surface area contributed by atoms with Crippen LogP contribution in [0.1, 0.15) is 11.1 Å². The molecule has 0 saturated carbocycles. The van der Waals surface area contributed by atoms with E-state index in [0.29, 0.717) is 0 Å². The monoisotopic (exact) mass is 395 g/mol. The fraction of sp³-hybridized carbons (Fsp3) is 0.200. The lowest BCUT2D eigenvalue weighted by molar-refractivity contribution is 0.272. The van der Waals surface area contributed by atoms with E-state index < -0.39 is 17.1 Å². The van der Waals surface area contributed by atoms with Crippen molar-refractivity contribution in [2.75, 3.05) is 0 Å². The summed E-state index contributed by atoms with van der Waals surface area (Å²) in [4.78, 5) is 34.1. The van der Waals surface area contributed by atoms with E-state index >= 15 is 0 Å². The molecule has 3 heterocycles. The Hall–Kier alpha value is -3.75. The first-order valence-corrected chi connectivity index (χ1v) is 8.88. The molecule has 0 N–H and O–H groups in total. The predicted molar refractivity (Wildman–Crippen MR) is 104 cm³/mol. The first kappa shape index (κ1) is 18.6. The molecular weight excluding hydrogens is 377 g/mol. The lowest BCUT2D eigenvalue weighted by Gasteiger charge is -2.09. The molecule has 0 radical (unpaired) electrons. The molecule has 3 aromatic heterocycles. The Kier molecular flexibility index (Phi) is 4.71. The lowest BCUT2D eigenvalue weighted by Crippen LogP contribution is -2.40. The van der Waals surface area contributed by atoms with Crippen LogP contribution in [0.25, 0.3) is 11.2 Å². The zero-order chi connectivity index (χ0) is 20.5. The highest BCUT2D eigenvalue weighted by Crippen LogP contribution is 2.17. The van der Waals surface area contributed by atoms with Crippen LogP contribution in [0.2, 0.25) is 0 Å². The third kappa shape index (κ3) is 3.31. The van der Waals surface area contributed by atoms with Crippen LogP contribution in [0.5, 0.6) is 6.01 Å². The van der Waals surface area contributed by atoms with Crippen molar-refractivity contribution >= 4 is 11.2 Å². The molecule has 0 aliphatic carbocycles. The summed E-state index contributed by atoms with van der Waals surface area (Å²) in [5, 5.41) is 0. The van der Waals surface area contributed by atoms with Crippen LogP contribution < -0.4 is 16.0 Å². The fourth-order valence-electron chi connectivity index (χ4n) is 3.12. The maximum atomic E-state index is 14.0. The Balaban J connectivity index is 1.78. The third-order valence-corrected chi connectivity index (χ3v) is 4.70. The van der Waals surface area contributed by atoms with E-state index in [9.17, 15) is 14.0 Å². The topological polar surface area (TPSA) is 83.9 Å². The minimum atomic E-state index is -0.581. The van der Waals surface area contributed by atoms with E-state index in [0.717, 1.165) is 10.1 Å². The van der Waals surface area contributed by atoms with Crippen molar-refractivity contribution in [2.45, 2.75) is 13.2 Å². The van der Waals surface area contributed by atoms with Crippen molar-refractivity contribution in [1.29, 1.82) is 0 Å². The number of pyridine rings is 1. The highest BCUT2D eigenvalue weighted by atomic mass is 19.1. The molecule has 1 aromatic carbocycles. The molecule has 0 atom stereocenters. The highest BCUT2D eigenvalue weighted by Gasteiger charge is 2.20. The third-order valence-electron chi connectivity index (χ3n) is 4.70. The summed E-state index contributed by atoms with van der Waals surface area (Å²) in [6, 6.07) is 9.87. The van der Waals surface area contributed by atoms with Crippen molar-refractivity contribution in [2.24, 2.45) is 14.1 Å². The van der Waals surface area contributed by atoms with Crippen LogP contribution in [-0.2, 0) is 27.2 Å². The van der Waals surface area contributed by atoms with Gasteiger partial charge in [0.25, 0.3) is 11.6 Å². The number of fused-ring (bicyclic) bond motifs is 1. The van der Waals surface area contributed by atoms with Crippen molar-refractivity contribution in [3.05, 3.63) is 86.6 Å². The lowest BCUT2D eigenvalue weighted by atomic mass is 10.2.